The number of primary amides is 1. The summed E-state index contributed by atoms with van der Waals surface area (Å²) in [4.78, 5) is 11.1. The summed E-state index contributed by atoms with van der Waals surface area (Å²) in [6.45, 7) is 1.96. The molecule has 0 aliphatic carbocycles. The molecule has 2 aromatic carbocycles. The van der Waals surface area contributed by atoms with Crippen molar-refractivity contribution in [1.82, 2.24) is 5.32 Å². The van der Waals surface area contributed by atoms with Gasteiger partial charge in [-0.25, -0.2) is 9.18 Å². The molecule has 0 unspecified atom stereocenters. The van der Waals surface area contributed by atoms with Gasteiger partial charge in [-0.2, -0.15) is 0 Å². The molecule has 98 valence electrons. The topological polar surface area (TPSA) is 55.1 Å². The van der Waals surface area contributed by atoms with E-state index < -0.39 is 12.1 Å². The molecule has 0 fully saturated rings. The average Bonchev–Trinajstić information content (AvgIpc) is 2.38. The first-order valence-corrected chi connectivity index (χ1v) is 5.95. The Kier molecular flexibility index (Phi) is 3.80. The van der Waals surface area contributed by atoms with E-state index in [2.05, 4.69) is 5.32 Å². The van der Waals surface area contributed by atoms with Gasteiger partial charge in [-0.1, -0.05) is 48.0 Å². The highest BCUT2D eigenvalue weighted by Gasteiger charge is 2.18. The molecule has 2 amide bonds. The van der Waals surface area contributed by atoms with Gasteiger partial charge in [0.2, 0.25) is 0 Å². The van der Waals surface area contributed by atoms with Gasteiger partial charge in [-0.15, -0.1) is 0 Å². The lowest BCUT2D eigenvalue weighted by Gasteiger charge is -2.19. The molecule has 4 heteroatoms. The zero-order chi connectivity index (χ0) is 13.8. The van der Waals surface area contributed by atoms with Crippen LogP contribution in [0.3, 0.4) is 0 Å². The summed E-state index contributed by atoms with van der Waals surface area (Å²) in [5.41, 5.74) is 7.45. The highest BCUT2D eigenvalue weighted by Crippen LogP contribution is 2.24. The van der Waals surface area contributed by atoms with Crippen LogP contribution in [0.4, 0.5) is 9.18 Å². The van der Waals surface area contributed by atoms with Gasteiger partial charge in [0, 0.05) is 5.56 Å². The van der Waals surface area contributed by atoms with Crippen molar-refractivity contribution >= 4 is 6.03 Å². The van der Waals surface area contributed by atoms with E-state index in [4.69, 9.17) is 5.73 Å². The number of benzene rings is 2. The number of carbonyl (C=O) groups excluding carboxylic acids is 1. The molecule has 0 saturated heterocycles. The van der Waals surface area contributed by atoms with Crippen LogP contribution in [0.5, 0.6) is 0 Å². The van der Waals surface area contributed by atoms with Crippen LogP contribution in [0.1, 0.15) is 22.7 Å². The lowest BCUT2D eigenvalue weighted by molar-refractivity contribution is 0.246. The molecule has 0 saturated carbocycles. The smallest absolute Gasteiger partial charge is 0.312 e. The lowest BCUT2D eigenvalue weighted by Crippen LogP contribution is -2.34. The van der Waals surface area contributed by atoms with Crippen LogP contribution in [0.15, 0.2) is 48.5 Å². The van der Waals surface area contributed by atoms with Gasteiger partial charge in [0.05, 0.1) is 6.04 Å². The van der Waals surface area contributed by atoms with E-state index in [1.807, 2.05) is 31.2 Å². The fourth-order valence-electron chi connectivity index (χ4n) is 1.95. The van der Waals surface area contributed by atoms with E-state index in [1.165, 1.54) is 6.07 Å². The number of amides is 2. The fraction of sp³-hybridized carbons (Fsp3) is 0.133. The Morgan fingerprint density at radius 1 is 1.16 bits per heavy atom. The molecular formula is C15H15FN2O. The maximum Gasteiger partial charge on any atom is 0.312 e. The number of halogens is 1. The first-order chi connectivity index (χ1) is 9.08. The van der Waals surface area contributed by atoms with E-state index in [1.54, 1.807) is 18.2 Å². The molecule has 2 rings (SSSR count). The van der Waals surface area contributed by atoms with Crippen LogP contribution in [0.25, 0.3) is 0 Å². The van der Waals surface area contributed by atoms with E-state index in [-0.39, 0.29) is 5.82 Å². The Morgan fingerprint density at radius 2 is 1.79 bits per heavy atom. The van der Waals surface area contributed by atoms with Gasteiger partial charge < -0.3 is 11.1 Å². The SMILES string of the molecule is Cc1ccc([C@H](NC(N)=O)c2ccccc2F)cc1. The van der Waals surface area contributed by atoms with Gasteiger partial charge in [-0.05, 0) is 18.6 Å². The molecule has 0 bridgehead atoms. The molecule has 0 spiro atoms. The molecule has 2 aromatic rings. The second kappa shape index (κ2) is 5.52. The van der Waals surface area contributed by atoms with Gasteiger partial charge >= 0.3 is 6.03 Å². The molecule has 0 aliphatic rings. The van der Waals surface area contributed by atoms with E-state index in [0.29, 0.717) is 5.56 Å². The van der Waals surface area contributed by atoms with E-state index in [9.17, 15) is 9.18 Å². The quantitative estimate of drug-likeness (QED) is 0.873. The number of hydrogen-bond donors (Lipinski definition) is 2. The van der Waals surface area contributed by atoms with E-state index >= 15 is 0 Å². The van der Waals surface area contributed by atoms with Crippen LogP contribution in [0, 0.1) is 12.7 Å². The number of hydrogen-bond acceptors (Lipinski definition) is 1. The number of nitrogens with one attached hydrogen (secondary N) is 1. The van der Waals surface area contributed by atoms with Crippen molar-refractivity contribution in [3.63, 3.8) is 0 Å². The molecule has 0 radical (unpaired) electrons. The fourth-order valence-corrected chi connectivity index (χ4v) is 1.95. The predicted molar refractivity (Wildman–Crippen MR) is 72.1 cm³/mol. The molecule has 3 nitrogen and oxygen atoms in total. The minimum atomic E-state index is -0.686. The summed E-state index contributed by atoms with van der Waals surface area (Å²) >= 11 is 0. The molecule has 0 aliphatic heterocycles. The number of aryl methyl sites for hydroxylation is 1. The number of rotatable bonds is 3. The normalized spacial score (nSPS) is 11.9. The average molecular weight is 258 g/mol. The predicted octanol–water partition coefficient (Wildman–Crippen LogP) is 2.89. The maximum atomic E-state index is 13.9. The lowest BCUT2D eigenvalue weighted by atomic mass is 9.97. The number of urea groups is 1. The second-order valence-corrected chi connectivity index (χ2v) is 4.37. The Bertz CT molecular complexity index is 581. The maximum absolute atomic E-state index is 13.9. The summed E-state index contributed by atoms with van der Waals surface area (Å²) in [7, 11) is 0. The Hall–Kier alpha value is -2.36. The number of carbonyl (C=O) groups is 1. The Labute approximate surface area is 111 Å². The summed E-state index contributed by atoms with van der Waals surface area (Å²) in [6.07, 6.45) is 0. The van der Waals surface area contributed by atoms with Crippen molar-refractivity contribution in [2.75, 3.05) is 0 Å². The van der Waals surface area contributed by atoms with Gasteiger partial charge in [0.1, 0.15) is 5.82 Å². The van der Waals surface area contributed by atoms with Crippen LogP contribution in [-0.2, 0) is 0 Å². The third-order valence-corrected chi connectivity index (χ3v) is 2.91. The highest BCUT2D eigenvalue weighted by atomic mass is 19.1. The van der Waals surface area contributed by atoms with Crippen LogP contribution >= 0.6 is 0 Å². The monoisotopic (exact) mass is 258 g/mol. The second-order valence-electron chi connectivity index (χ2n) is 4.37. The first-order valence-electron chi connectivity index (χ1n) is 5.95. The zero-order valence-electron chi connectivity index (χ0n) is 10.6. The van der Waals surface area contributed by atoms with Crippen molar-refractivity contribution in [2.45, 2.75) is 13.0 Å². The van der Waals surface area contributed by atoms with Crippen molar-refractivity contribution in [1.29, 1.82) is 0 Å². The zero-order valence-corrected chi connectivity index (χ0v) is 10.6. The molecule has 3 N–H and O–H groups in total. The Morgan fingerprint density at radius 3 is 2.37 bits per heavy atom. The minimum absolute atomic E-state index is 0.373. The molecule has 19 heavy (non-hydrogen) atoms. The standard InChI is InChI=1S/C15H15FN2O/c1-10-6-8-11(9-7-10)14(18-15(17)19)12-4-2-3-5-13(12)16/h2-9,14H,1H3,(H3,17,18,19)/t14-/m0/s1. The molecule has 0 aromatic heterocycles. The van der Waals surface area contributed by atoms with Crippen molar-refractivity contribution in [3.8, 4) is 0 Å². The van der Waals surface area contributed by atoms with E-state index in [0.717, 1.165) is 11.1 Å². The van der Waals surface area contributed by atoms with Crippen molar-refractivity contribution < 1.29 is 9.18 Å². The van der Waals surface area contributed by atoms with Crippen LogP contribution in [-0.4, -0.2) is 6.03 Å². The van der Waals surface area contributed by atoms with Gasteiger partial charge in [-0.3, -0.25) is 0 Å². The third-order valence-electron chi connectivity index (χ3n) is 2.91. The third kappa shape index (κ3) is 3.10. The summed E-state index contributed by atoms with van der Waals surface area (Å²) in [5.74, 6) is -0.373. The van der Waals surface area contributed by atoms with Crippen molar-refractivity contribution in [3.05, 3.63) is 71.0 Å². The molecular weight excluding hydrogens is 243 g/mol. The summed E-state index contributed by atoms with van der Waals surface area (Å²) in [6, 6.07) is 12.6. The molecule has 1 atom stereocenters. The highest BCUT2D eigenvalue weighted by molar-refractivity contribution is 5.73. The minimum Gasteiger partial charge on any atom is -0.352 e. The van der Waals surface area contributed by atoms with Crippen LogP contribution in [0.2, 0.25) is 0 Å². The largest absolute Gasteiger partial charge is 0.352 e. The van der Waals surface area contributed by atoms with Crippen LogP contribution < -0.4 is 11.1 Å². The van der Waals surface area contributed by atoms with Gasteiger partial charge in [0.15, 0.2) is 0 Å². The Balaban J connectivity index is 2.44. The first kappa shape index (κ1) is 13.1. The number of nitrogens with two attached hydrogens (primary N) is 1. The summed E-state index contributed by atoms with van der Waals surface area (Å²) < 4.78 is 13.9. The summed E-state index contributed by atoms with van der Waals surface area (Å²) in [5, 5.41) is 2.57. The van der Waals surface area contributed by atoms with Gasteiger partial charge in [0.25, 0.3) is 0 Å². The van der Waals surface area contributed by atoms with Crippen molar-refractivity contribution in [2.24, 2.45) is 5.73 Å². The molecule has 0 heterocycles.